The van der Waals surface area contributed by atoms with Crippen LogP contribution >= 0.6 is 12.6 Å². The predicted octanol–water partition coefficient (Wildman–Crippen LogP) is 4.17. The monoisotopic (exact) mass is 251 g/mol. The van der Waals surface area contributed by atoms with Crippen molar-refractivity contribution < 1.29 is 0 Å². The lowest BCUT2D eigenvalue weighted by atomic mass is 10.0. The van der Waals surface area contributed by atoms with Crippen molar-refractivity contribution in [3.05, 3.63) is 29.8 Å². The Labute approximate surface area is 112 Å². The van der Waals surface area contributed by atoms with Crippen LogP contribution in [0.5, 0.6) is 0 Å². The normalized spacial score (nSPS) is 12.5. The van der Waals surface area contributed by atoms with Gasteiger partial charge in [-0.15, -0.1) is 0 Å². The molecular weight excluding hydrogens is 226 g/mol. The summed E-state index contributed by atoms with van der Waals surface area (Å²) in [6, 6.07) is 8.77. The molecule has 17 heavy (non-hydrogen) atoms. The van der Waals surface area contributed by atoms with E-state index in [1.54, 1.807) is 0 Å². The van der Waals surface area contributed by atoms with Crippen LogP contribution in [0, 0.1) is 12.8 Å². The minimum Gasteiger partial charge on any atom is -0.371 e. The average Bonchev–Trinajstić information content (AvgIpc) is 2.34. The van der Waals surface area contributed by atoms with Crippen molar-refractivity contribution in [2.75, 3.05) is 23.7 Å². The van der Waals surface area contributed by atoms with Crippen molar-refractivity contribution >= 4 is 18.3 Å². The van der Waals surface area contributed by atoms with Crippen molar-refractivity contribution in [1.29, 1.82) is 0 Å². The highest BCUT2D eigenvalue weighted by molar-refractivity contribution is 7.80. The first-order valence-corrected chi connectivity index (χ1v) is 7.27. The molecule has 0 radical (unpaired) electrons. The van der Waals surface area contributed by atoms with Crippen molar-refractivity contribution in [2.24, 2.45) is 5.92 Å². The van der Waals surface area contributed by atoms with Gasteiger partial charge < -0.3 is 4.90 Å². The Morgan fingerprint density at radius 2 is 2.06 bits per heavy atom. The number of aryl methyl sites for hydroxylation is 1. The molecule has 2 heteroatoms. The first-order valence-electron chi connectivity index (χ1n) is 6.63. The van der Waals surface area contributed by atoms with E-state index in [0.29, 0.717) is 5.92 Å². The maximum Gasteiger partial charge on any atom is 0.0368 e. The number of nitrogens with zero attached hydrogens (tertiary/aromatic N) is 1. The van der Waals surface area contributed by atoms with E-state index in [0.717, 1.165) is 18.8 Å². The number of thiol groups is 1. The quantitative estimate of drug-likeness (QED) is 0.712. The van der Waals surface area contributed by atoms with Crippen molar-refractivity contribution in [3.63, 3.8) is 0 Å². The second-order valence-electron chi connectivity index (χ2n) is 4.71. The highest BCUT2D eigenvalue weighted by atomic mass is 32.1. The molecule has 0 aromatic heterocycles. The first kappa shape index (κ1) is 14.4. The maximum absolute atomic E-state index is 4.47. The van der Waals surface area contributed by atoms with Gasteiger partial charge in [0.05, 0.1) is 0 Å². The number of anilines is 1. The van der Waals surface area contributed by atoms with Crippen LogP contribution in [-0.2, 0) is 0 Å². The molecule has 1 nitrogen and oxygen atoms in total. The van der Waals surface area contributed by atoms with Gasteiger partial charge in [0.15, 0.2) is 0 Å². The van der Waals surface area contributed by atoms with Gasteiger partial charge in [0.2, 0.25) is 0 Å². The van der Waals surface area contributed by atoms with E-state index in [2.05, 4.69) is 62.6 Å². The van der Waals surface area contributed by atoms with Crippen molar-refractivity contribution in [3.8, 4) is 0 Å². The van der Waals surface area contributed by atoms with Gasteiger partial charge in [-0.05, 0) is 49.6 Å². The van der Waals surface area contributed by atoms with Gasteiger partial charge in [0.25, 0.3) is 0 Å². The SMILES string of the molecule is CCCC(CS)CN(CC)c1cccc(C)c1. The Morgan fingerprint density at radius 3 is 2.59 bits per heavy atom. The standard InChI is InChI=1S/C15H25NS/c1-4-7-14(12-17)11-16(5-2)15-9-6-8-13(3)10-15/h6,8-10,14,17H,4-5,7,11-12H2,1-3H3. The van der Waals surface area contributed by atoms with Gasteiger partial charge in [0, 0.05) is 18.8 Å². The Balaban J connectivity index is 2.70. The maximum atomic E-state index is 4.47. The Kier molecular flexibility index (Phi) is 6.49. The minimum absolute atomic E-state index is 0.698. The summed E-state index contributed by atoms with van der Waals surface area (Å²) in [4.78, 5) is 2.46. The third-order valence-electron chi connectivity index (χ3n) is 3.18. The highest BCUT2D eigenvalue weighted by Gasteiger charge is 2.11. The molecule has 1 rings (SSSR count). The fourth-order valence-corrected chi connectivity index (χ4v) is 2.50. The van der Waals surface area contributed by atoms with E-state index in [1.165, 1.54) is 24.1 Å². The summed E-state index contributed by atoms with van der Waals surface area (Å²) in [5.74, 6) is 1.68. The van der Waals surface area contributed by atoms with Gasteiger partial charge in [0.1, 0.15) is 0 Å². The Morgan fingerprint density at radius 1 is 1.29 bits per heavy atom. The van der Waals surface area contributed by atoms with Crippen LogP contribution in [0.2, 0.25) is 0 Å². The fraction of sp³-hybridized carbons (Fsp3) is 0.600. The van der Waals surface area contributed by atoms with E-state index >= 15 is 0 Å². The van der Waals surface area contributed by atoms with Crippen LogP contribution in [0.4, 0.5) is 5.69 Å². The summed E-state index contributed by atoms with van der Waals surface area (Å²) >= 11 is 4.47. The molecule has 0 bridgehead atoms. The van der Waals surface area contributed by atoms with Gasteiger partial charge in [-0.25, -0.2) is 0 Å². The summed E-state index contributed by atoms with van der Waals surface area (Å²) in [5.41, 5.74) is 2.68. The molecule has 0 heterocycles. The van der Waals surface area contributed by atoms with Gasteiger partial charge in [-0.2, -0.15) is 12.6 Å². The van der Waals surface area contributed by atoms with Crippen molar-refractivity contribution in [1.82, 2.24) is 0 Å². The minimum atomic E-state index is 0.698. The zero-order valence-electron chi connectivity index (χ0n) is 11.3. The summed E-state index contributed by atoms with van der Waals surface area (Å²) in [6.07, 6.45) is 2.52. The predicted molar refractivity (Wildman–Crippen MR) is 81.3 cm³/mol. The van der Waals surface area contributed by atoms with E-state index in [-0.39, 0.29) is 0 Å². The van der Waals surface area contributed by atoms with Gasteiger partial charge in [-0.1, -0.05) is 25.5 Å². The lowest BCUT2D eigenvalue weighted by Gasteiger charge is -2.28. The summed E-state index contributed by atoms with van der Waals surface area (Å²) in [6.45, 7) is 8.82. The largest absolute Gasteiger partial charge is 0.371 e. The van der Waals surface area contributed by atoms with Crippen LogP contribution in [0.3, 0.4) is 0 Å². The third-order valence-corrected chi connectivity index (χ3v) is 3.70. The van der Waals surface area contributed by atoms with Crippen LogP contribution in [0.25, 0.3) is 0 Å². The molecule has 0 N–H and O–H groups in total. The molecule has 0 fully saturated rings. The van der Waals surface area contributed by atoms with Crippen LogP contribution in [-0.4, -0.2) is 18.8 Å². The number of benzene rings is 1. The molecule has 1 atom stereocenters. The molecule has 1 aromatic carbocycles. The second-order valence-corrected chi connectivity index (χ2v) is 5.08. The van der Waals surface area contributed by atoms with Gasteiger partial charge in [-0.3, -0.25) is 0 Å². The summed E-state index contributed by atoms with van der Waals surface area (Å²) < 4.78 is 0. The summed E-state index contributed by atoms with van der Waals surface area (Å²) in [7, 11) is 0. The van der Waals surface area contributed by atoms with E-state index < -0.39 is 0 Å². The Hall–Kier alpha value is -0.630. The van der Waals surface area contributed by atoms with E-state index in [1.807, 2.05) is 0 Å². The topological polar surface area (TPSA) is 3.24 Å². The zero-order chi connectivity index (χ0) is 12.7. The molecule has 0 saturated heterocycles. The third kappa shape index (κ3) is 4.63. The van der Waals surface area contributed by atoms with E-state index in [4.69, 9.17) is 0 Å². The van der Waals surface area contributed by atoms with Crippen LogP contribution < -0.4 is 4.90 Å². The molecule has 0 aliphatic heterocycles. The van der Waals surface area contributed by atoms with Crippen LogP contribution in [0.1, 0.15) is 32.3 Å². The number of hydrogen-bond donors (Lipinski definition) is 1. The smallest absolute Gasteiger partial charge is 0.0368 e. The lowest BCUT2D eigenvalue weighted by molar-refractivity contribution is 0.524. The molecule has 0 aliphatic rings. The molecule has 0 saturated carbocycles. The molecule has 0 spiro atoms. The number of rotatable bonds is 7. The van der Waals surface area contributed by atoms with Crippen LogP contribution in [0.15, 0.2) is 24.3 Å². The van der Waals surface area contributed by atoms with Gasteiger partial charge >= 0.3 is 0 Å². The van der Waals surface area contributed by atoms with Crippen molar-refractivity contribution in [2.45, 2.75) is 33.6 Å². The molecule has 96 valence electrons. The average molecular weight is 251 g/mol. The second kappa shape index (κ2) is 7.65. The molecule has 1 aromatic rings. The highest BCUT2D eigenvalue weighted by Crippen LogP contribution is 2.19. The first-order chi connectivity index (χ1) is 8.21. The summed E-state index contributed by atoms with van der Waals surface area (Å²) in [5, 5.41) is 0. The lowest BCUT2D eigenvalue weighted by Crippen LogP contribution is -2.30. The molecule has 1 unspecified atom stereocenters. The molecule has 0 aliphatic carbocycles. The Bertz CT molecular complexity index is 324. The zero-order valence-corrected chi connectivity index (χ0v) is 12.2. The van der Waals surface area contributed by atoms with E-state index in [9.17, 15) is 0 Å². The fourth-order valence-electron chi connectivity index (χ4n) is 2.20. The number of hydrogen-bond acceptors (Lipinski definition) is 2. The molecule has 0 amide bonds. The molecular formula is C15H25NS.